The maximum Gasteiger partial charge on any atom is 0.255 e. The number of carbonyl (C=O) groups is 2. The Kier molecular flexibility index (Phi) is 10.0. The molecular formula is C26H32N2O2. The number of allylic oxidation sites excluding steroid dienone is 2. The van der Waals surface area contributed by atoms with Crippen molar-refractivity contribution in [2.24, 2.45) is 5.92 Å². The molecule has 2 N–H and O–H groups in total. The first kappa shape index (κ1) is 24.6. The summed E-state index contributed by atoms with van der Waals surface area (Å²) < 4.78 is 0. The lowest BCUT2D eigenvalue weighted by molar-refractivity contribution is -0.112. The van der Waals surface area contributed by atoms with Gasteiger partial charge in [-0.2, -0.15) is 0 Å². The summed E-state index contributed by atoms with van der Waals surface area (Å²) in [5.74, 6) is -0.299. The molecule has 2 rings (SSSR count). The first-order chi connectivity index (χ1) is 14.4. The summed E-state index contributed by atoms with van der Waals surface area (Å²) in [6.07, 6.45) is 3.22. The standard InChI is InChI=1S/C24H26N2O2.C2H6/c1-6-20(16(3)4)21(7-2)24(28)25-19-14-12-18(13-15-19)23(27)26-22-11-9-8-10-17(22)5;1-2/h6-16H,1-2H2,3-5H3,(H,25,28)(H,26,27);1-2H3/b21-20-;. The Morgan fingerprint density at radius 2 is 1.50 bits per heavy atom. The number of carbonyl (C=O) groups excluding carboxylic acids is 2. The van der Waals surface area contributed by atoms with Crippen molar-refractivity contribution in [3.63, 3.8) is 0 Å². The first-order valence-corrected chi connectivity index (χ1v) is 10.1. The fourth-order valence-corrected chi connectivity index (χ4v) is 2.81. The van der Waals surface area contributed by atoms with E-state index in [0.717, 1.165) is 16.8 Å². The van der Waals surface area contributed by atoms with Crippen LogP contribution in [0.3, 0.4) is 0 Å². The minimum absolute atomic E-state index is 0.156. The monoisotopic (exact) mass is 404 g/mol. The minimum Gasteiger partial charge on any atom is -0.322 e. The molecule has 2 aromatic carbocycles. The van der Waals surface area contributed by atoms with E-state index in [4.69, 9.17) is 0 Å². The molecule has 0 aliphatic carbocycles. The average molecular weight is 405 g/mol. The third-order valence-electron chi connectivity index (χ3n) is 4.40. The second kappa shape index (κ2) is 12.2. The molecule has 0 heterocycles. The van der Waals surface area contributed by atoms with Gasteiger partial charge in [-0.1, -0.05) is 71.2 Å². The minimum atomic E-state index is -0.254. The second-order valence-electron chi connectivity index (χ2n) is 6.73. The predicted molar refractivity (Wildman–Crippen MR) is 128 cm³/mol. The Balaban J connectivity index is 0.00000218. The molecule has 0 aliphatic heterocycles. The molecule has 158 valence electrons. The van der Waals surface area contributed by atoms with Crippen LogP contribution in [-0.4, -0.2) is 11.8 Å². The molecule has 30 heavy (non-hydrogen) atoms. The molecule has 2 aromatic rings. The Morgan fingerprint density at radius 3 is 2.00 bits per heavy atom. The van der Waals surface area contributed by atoms with E-state index in [9.17, 15) is 9.59 Å². The van der Waals surface area contributed by atoms with Crippen molar-refractivity contribution in [3.05, 3.63) is 96.1 Å². The smallest absolute Gasteiger partial charge is 0.255 e. The molecule has 0 fully saturated rings. The van der Waals surface area contributed by atoms with Crippen LogP contribution in [0.1, 0.15) is 43.6 Å². The quantitative estimate of drug-likeness (QED) is 0.407. The molecule has 4 heteroatoms. The van der Waals surface area contributed by atoms with Gasteiger partial charge >= 0.3 is 0 Å². The van der Waals surface area contributed by atoms with Crippen LogP contribution in [0.15, 0.2) is 85.0 Å². The summed E-state index contributed by atoms with van der Waals surface area (Å²) in [7, 11) is 0. The number of hydrogen-bond donors (Lipinski definition) is 2. The molecule has 0 radical (unpaired) electrons. The number of nitrogens with one attached hydrogen (secondary N) is 2. The molecule has 0 unspecified atom stereocenters. The van der Waals surface area contributed by atoms with Crippen molar-refractivity contribution in [2.75, 3.05) is 10.6 Å². The van der Waals surface area contributed by atoms with Gasteiger partial charge in [-0.05, 0) is 54.3 Å². The van der Waals surface area contributed by atoms with Gasteiger partial charge < -0.3 is 10.6 Å². The SMILES string of the molecule is C=C/C(C(=O)Nc1ccc(C(=O)Nc2ccccc2C)cc1)=C(\C=C)C(C)C.CC. The van der Waals surface area contributed by atoms with Crippen molar-refractivity contribution in [3.8, 4) is 0 Å². The summed E-state index contributed by atoms with van der Waals surface area (Å²) in [4.78, 5) is 25.0. The summed E-state index contributed by atoms with van der Waals surface area (Å²) >= 11 is 0. The van der Waals surface area contributed by atoms with Crippen LogP contribution >= 0.6 is 0 Å². The molecule has 0 saturated heterocycles. The molecule has 0 atom stereocenters. The number of amides is 2. The van der Waals surface area contributed by atoms with Gasteiger partial charge in [0.15, 0.2) is 0 Å². The average Bonchev–Trinajstić information content (AvgIpc) is 2.75. The highest BCUT2D eigenvalue weighted by atomic mass is 16.2. The van der Waals surface area contributed by atoms with Crippen LogP contribution in [0, 0.1) is 12.8 Å². The van der Waals surface area contributed by atoms with E-state index >= 15 is 0 Å². The fraction of sp³-hybridized carbons (Fsp3) is 0.231. The third-order valence-corrected chi connectivity index (χ3v) is 4.40. The van der Waals surface area contributed by atoms with Crippen molar-refractivity contribution >= 4 is 23.2 Å². The zero-order chi connectivity index (χ0) is 22.7. The van der Waals surface area contributed by atoms with E-state index in [2.05, 4.69) is 23.8 Å². The lowest BCUT2D eigenvalue weighted by Gasteiger charge is -2.13. The maximum atomic E-state index is 12.6. The molecule has 0 bridgehead atoms. The number of rotatable bonds is 7. The van der Waals surface area contributed by atoms with Gasteiger partial charge in [-0.15, -0.1) is 0 Å². The zero-order valence-corrected chi connectivity index (χ0v) is 18.6. The highest BCUT2D eigenvalue weighted by molar-refractivity contribution is 6.07. The van der Waals surface area contributed by atoms with Gasteiger partial charge in [0.1, 0.15) is 0 Å². The van der Waals surface area contributed by atoms with E-state index < -0.39 is 0 Å². The van der Waals surface area contributed by atoms with Gasteiger partial charge in [0.2, 0.25) is 0 Å². The van der Waals surface area contributed by atoms with Crippen molar-refractivity contribution in [2.45, 2.75) is 34.6 Å². The highest BCUT2D eigenvalue weighted by Gasteiger charge is 2.14. The van der Waals surface area contributed by atoms with Crippen LogP contribution in [0.2, 0.25) is 0 Å². The fourth-order valence-electron chi connectivity index (χ4n) is 2.81. The van der Waals surface area contributed by atoms with Gasteiger partial charge in [-0.3, -0.25) is 9.59 Å². The summed E-state index contributed by atoms with van der Waals surface area (Å²) in [6, 6.07) is 14.4. The number of hydrogen-bond acceptors (Lipinski definition) is 2. The molecule has 2 amide bonds. The first-order valence-electron chi connectivity index (χ1n) is 10.1. The van der Waals surface area contributed by atoms with Gasteiger partial charge in [0.05, 0.1) is 0 Å². The lowest BCUT2D eigenvalue weighted by atomic mass is 9.96. The van der Waals surface area contributed by atoms with Crippen molar-refractivity contribution in [1.29, 1.82) is 0 Å². The van der Waals surface area contributed by atoms with E-state index in [1.807, 2.05) is 58.9 Å². The van der Waals surface area contributed by atoms with E-state index in [1.54, 1.807) is 30.3 Å². The van der Waals surface area contributed by atoms with Crippen LogP contribution in [-0.2, 0) is 4.79 Å². The topological polar surface area (TPSA) is 58.2 Å². The predicted octanol–water partition coefficient (Wildman–Crippen LogP) is 6.54. The molecule has 0 spiro atoms. The van der Waals surface area contributed by atoms with Crippen LogP contribution in [0.5, 0.6) is 0 Å². The lowest BCUT2D eigenvalue weighted by Crippen LogP contribution is -2.16. The normalized spacial score (nSPS) is 10.9. The zero-order valence-electron chi connectivity index (χ0n) is 18.6. The second-order valence-corrected chi connectivity index (χ2v) is 6.73. The van der Waals surface area contributed by atoms with Gasteiger partial charge in [0.25, 0.3) is 11.8 Å². The number of anilines is 2. The number of aryl methyl sites for hydroxylation is 1. The molecule has 0 saturated carbocycles. The van der Waals surface area contributed by atoms with Crippen molar-refractivity contribution in [1.82, 2.24) is 0 Å². The molecule has 0 aromatic heterocycles. The molecule has 4 nitrogen and oxygen atoms in total. The summed E-state index contributed by atoms with van der Waals surface area (Å²) in [5.41, 5.74) is 4.20. The van der Waals surface area contributed by atoms with Crippen LogP contribution < -0.4 is 10.6 Å². The van der Waals surface area contributed by atoms with E-state index in [0.29, 0.717) is 16.8 Å². The Bertz CT molecular complexity index is 922. The summed E-state index contributed by atoms with van der Waals surface area (Å²) in [5, 5.41) is 5.73. The third kappa shape index (κ3) is 6.59. The Labute approximate surface area is 180 Å². The van der Waals surface area contributed by atoms with Gasteiger partial charge in [0, 0.05) is 22.5 Å². The largest absolute Gasteiger partial charge is 0.322 e. The van der Waals surface area contributed by atoms with E-state index in [-0.39, 0.29) is 17.7 Å². The Hall–Kier alpha value is -3.40. The summed E-state index contributed by atoms with van der Waals surface area (Å²) in [6.45, 7) is 17.5. The molecular weight excluding hydrogens is 372 g/mol. The number of benzene rings is 2. The Morgan fingerprint density at radius 1 is 0.900 bits per heavy atom. The molecule has 0 aliphatic rings. The van der Waals surface area contributed by atoms with Crippen LogP contribution in [0.4, 0.5) is 11.4 Å². The van der Waals surface area contributed by atoms with Crippen molar-refractivity contribution < 1.29 is 9.59 Å². The highest BCUT2D eigenvalue weighted by Crippen LogP contribution is 2.20. The maximum absolute atomic E-state index is 12.6. The van der Waals surface area contributed by atoms with Gasteiger partial charge in [-0.25, -0.2) is 0 Å². The van der Waals surface area contributed by atoms with E-state index in [1.165, 1.54) is 6.08 Å². The number of para-hydroxylation sites is 1. The van der Waals surface area contributed by atoms with Crippen LogP contribution in [0.25, 0.3) is 0 Å².